The molecule has 6 heteroatoms. The lowest BCUT2D eigenvalue weighted by Gasteiger charge is -2.17. The van der Waals surface area contributed by atoms with Gasteiger partial charge in [0.1, 0.15) is 5.75 Å². The third-order valence-electron chi connectivity index (χ3n) is 4.36. The Kier molecular flexibility index (Phi) is 4.72. The molecule has 1 heterocycles. The van der Waals surface area contributed by atoms with Crippen molar-refractivity contribution >= 4 is 10.9 Å². The lowest BCUT2D eigenvalue weighted by Crippen LogP contribution is -2.07. The number of aliphatic hydroxyl groups is 1. The van der Waals surface area contributed by atoms with Gasteiger partial charge in [-0.25, -0.2) is 0 Å². The van der Waals surface area contributed by atoms with Gasteiger partial charge in [0.2, 0.25) is 0 Å². The zero-order valence-electron chi connectivity index (χ0n) is 13.6. The molecule has 2 N–H and O–H groups in total. The minimum Gasteiger partial charge on any atom is -0.495 e. The zero-order chi connectivity index (χ0) is 18.0. The molecule has 1 atom stereocenters. The summed E-state index contributed by atoms with van der Waals surface area (Å²) in [7, 11) is 1.58. The predicted molar refractivity (Wildman–Crippen MR) is 89.8 cm³/mol. The third kappa shape index (κ3) is 3.35. The quantitative estimate of drug-likeness (QED) is 0.701. The highest BCUT2D eigenvalue weighted by atomic mass is 19.4. The van der Waals surface area contributed by atoms with Crippen LogP contribution in [0.3, 0.4) is 0 Å². The Morgan fingerprint density at radius 1 is 1.12 bits per heavy atom. The maximum Gasteiger partial charge on any atom is 0.416 e. The first-order chi connectivity index (χ1) is 12.0. The molecule has 0 radical (unpaired) electrons. The molecule has 1 unspecified atom stereocenters. The van der Waals surface area contributed by atoms with E-state index in [4.69, 9.17) is 4.74 Å². The van der Waals surface area contributed by atoms with E-state index in [0.29, 0.717) is 12.2 Å². The van der Waals surface area contributed by atoms with Crippen LogP contribution >= 0.6 is 0 Å². The molecule has 0 bridgehead atoms. The summed E-state index contributed by atoms with van der Waals surface area (Å²) in [4.78, 5) is 3.17. The molecule has 1 aromatic heterocycles. The first-order valence-electron chi connectivity index (χ1n) is 7.87. The van der Waals surface area contributed by atoms with Crippen molar-refractivity contribution < 1.29 is 23.0 Å². The molecule has 0 aliphatic rings. The lowest BCUT2D eigenvalue weighted by molar-refractivity contribution is -0.137. The van der Waals surface area contributed by atoms with Gasteiger partial charge in [-0.15, -0.1) is 0 Å². The zero-order valence-corrected chi connectivity index (χ0v) is 13.6. The van der Waals surface area contributed by atoms with Gasteiger partial charge in [0, 0.05) is 24.1 Å². The number of benzene rings is 2. The summed E-state index contributed by atoms with van der Waals surface area (Å²) in [6, 6.07) is 10.7. The van der Waals surface area contributed by atoms with Gasteiger partial charge in [-0.2, -0.15) is 13.2 Å². The minimum absolute atomic E-state index is 0.0671. The van der Waals surface area contributed by atoms with E-state index in [1.165, 1.54) is 12.1 Å². The maximum atomic E-state index is 12.8. The van der Waals surface area contributed by atoms with Gasteiger partial charge < -0.3 is 14.8 Å². The van der Waals surface area contributed by atoms with Crippen LogP contribution in [-0.4, -0.2) is 23.8 Å². The Morgan fingerprint density at radius 2 is 1.84 bits per heavy atom. The summed E-state index contributed by atoms with van der Waals surface area (Å²) in [5.41, 5.74) is 1.79. The predicted octanol–water partition coefficient (Wildman–Crippen LogP) is 4.71. The third-order valence-corrected chi connectivity index (χ3v) is 4.36. The van der Waals surface area contributed by atoms with Crippen molar-refractivity contribution in [1.82, 2.24) is 4.98 Å². The van der Waals surface area contributed by atoms with Crippen molar-refractivity contribution in [2.75, 3.05) is 13.7 Å². The summed E-state index contributed by atoms with van der Waals surface area (Å²) in [6.07, 6.45) is -2.13. The van der Waals surface area contributed by atoms with Crippen LogP contribution in [0, 0.1) is 0 Å². The van der Waals surface area contributed by atoms with Crippen molar-refractivity contribution in [2.24, 2.45) is 0 Å². The number of hydrogen-bond acceptors (Lipinski definition) is 2. The monoisotopic (exact) mass is 349 g/mol. The molecule has 0 aliphatic carbocycles. The van der Waals surface area contributed by atoms with E-state index in [2.05, 4.69) is 4.98 Å². The normalized spacial score (nSPS) is 13.2. The topological polar surface area (TPSA) is 45.2 Å². The number of fused-ring (bicyclic) bond motifs is 1. The van der Waals surface area contributed by atoms with Crippen LogP contribution in [0.15, 0.2) is 48.7 Å². The van der Waals surface area contributed by atoms with Crippen molar-refractivity contribution in [3.8, 4) is 5.75 Å². The SMILES string of the molecule is COc1cccc2c(C(CCO)c3ccc(C(F)(F)F)cc3)c[nH]c12. The summed E-state index contributed by atoms with van der Waals surface area (Å²) < 4.78 is 43.7. The average Bonchev–Trinajstić information content (AvgIpc) is 3.03. The molecule has 0 aliphatic heterocycles. The molecule has 25 heavy (non-hydrogen) atoms. The van der Waals surface area contributed by atoms with E-state index in [1.807, 2.05) is 24.4 Å². The molecule has 0 saturated heterocycles. The van der Waals surface area contributed by atoms with Crippen molar-refractivity contribution in [2.45, 2.75) is 18.5 Å². The number of aromatic nitrogens is 1. The summed E-state index contributed by atoms with van der Waals surface area (Å²) in [6.45, 7) is -0.0671. The Balaban J connectivity index is 2.05. The van der Waals surface area contributed by atoms with Crippen LogP contribution in [0.2, 0.25) is 0 Å². The number of para-hydroxylation sites is 1. The summed E-state index contributed by atoms with van der Waals surface area (Å²) in [5, 5.41) is 10.4. The first-order valence-corrected chi connectivity index (χ1v) is 7.87. The molecule has 2 aromatic carbocycles. The van der Waals surface area contributed by atoms with E-state index in [0.717, 1.165) is 34.2 Å². The highest BCUT2D eigenvalue weighted by Gasteiger charge is 2.30. The second kappa shape index (κ2) is 6.80. The molecule has 0 saturated carbocycles. The van der Waals surface area contributed by atoms with Crippen LogP contribution in [0.25, 0.3) is 10.9 Å². The van der Waals surface area contributed by atoms with E-state index in [9.17, 15) is 18.3 Å². The Morgan fingerprint density at radius 3 is 2.44 bits per heavy atom. The van der Waals surface area contributed by atoms with E-state index >= 15 is 0 Å². The number of aromatic amines is 1. The van der Waals surface area contributed by atoms with E-state index in [1.54, 1.807) is 7.11 Å². The van der Waals surface area contributed by atoms with Crippen molar-refractivity contribution in [3.05, 3.63) is 65.4 Å². The number of H-pyrrole nitrogens is 1. The number of halogens is 3. The number of methoxy groups -OCH3 is 1. The van der Waals surface area contributed by atoms with Crippen molar-refractivity contribution in [1.29, 1.82) is 0 Å². The molecule has 3 rings (SSSR count). The number of rotatable bonds is 5. The second-order valence-electron chi connectivity index (χ2n) is 5.81. The Labute approximate surface area is 143 Å². The molecule has 0 amide bonds. The Bertz CT molecular complexity index is 853. The second-order valence-corrected chi connectivity index (χ2v) is 5.81. The fraction of sp³-hybridized carbons (Fsp3) is 0.263. The molecular formula is C19H18F3NO2. The number of hydrogen-bond donors (Lipinski definition) is 2. The fourth-order valence-electron chi connectivity index (χ4n) is 3.14. The van der Waals surface area contributed by atoms with Gasteiger partial charge >= 0.3 is 6.18 Å². The highest BCUT2D eigenvalue weighted by molar-refractivity contribution is 5.89. The lowest BCUT2D eigenvalue weighted by atomic mass is 9.88. The number of ether oxygens (including phenoxy) is 1. The molecule has 0 spiro atoms. The van der Waals surface area contributed by atoms with E-state index < -0.39 is 11.7 Å². The van der Waals surface area contributed by atoms with Crippen LogP contribution in [0.1, 0.15) is 29.0 Å². The van der Waals surface area contributed by atoms with Gasteiger partial charge in [0.05, 0.1) is 18.2 Å². The molecular weight excluding hydrogens is 331 g/mol. The molecule has 3 nitrogen and oxygen atoms in total. The molecule has 3 aromatic rings. The maximum absolute atomic E-state index is 12.8. The summed E-state index contributed by atoms with van der Waals surface area (Å²) in [5.74, 6) is 0.479. The number of aliphatic hydroxyl groups excluding tert-OH is 1. The van der Waals surface area contributed by atoms with Crippen LogP contribution in [-0.2, 0) is 6.18 Å². The largest absolute Gasteiger partial charge is 0.495 e. The summed E-state index contributed by atoms with van der Waals surface area (Å²) >= 11 is 0. The van der Waals surface area contributed by atoms with Crippen LogP contribution in [0.4, 0.5) is 13.2 Å². The van der Waals surface area contributed by atoms with Crippen LogP contribution < -0.4 is 4.74 Å². The van der Waals surface area contributed by atoms with E-state index in [-0.39, 0.29) is 12.5 Å². The van der Waals surface area contributed by atoms with Crippen molar-refractivity contribution in [3.63, 3.8) is 0 Å². The van der Waals surface area contributed by atoms with Gasteiger partial charge in [0.25, 0.3) is 0 Å². The molecule has 0 fully saturated rings. The standard InChI is InChI=1S/C19H18F3NO2/c1-25-17-4-2-3-15-16(11-23-18(15)17)14(9-10-24)12-5-7-13(8-6-12)19(20,21)22/h2-8,11,14,23-24H,9-10H2,1H3. The van der Waals surface area contributed by atoms with Gasteiger partial charge in [-0.1, -0.05) is 24.3 Å². The smallest absolute Gasteiger partial charge is 0.416 e. The average molecular weight is 349 g/mol. The highest BCUT2D eigenvalue weighted by Crippen LogP contribution is 2.37. The van der Waals surface area contributed by atoms with Gasteiger partial charge in [0.15, 0.2) is 0 Å². The van der Waals surface area contributed by atoms with Gasteiger partial charge in [-0.05, 0) is 35.7 Å². The molecule has 132 valence electrons. The number of alkyl halides is 3. The van der Waals surface area contributed by atoms with Gasteiger partial charge in [-0.3, -0.25) is 0 Å². The van der Waals surface area contributed by atoms with Crippen LogP contribution in [0.5, 0.6) is 5.75 Å². The number of nitrogens with one attached hydrogen (secondary N) is 1. The Hall–Kier alpha value is -2.47. The fourth-order valence-corrected chi connectivity index (χ4v) is 3.14. The minimum atomic E-state index is -4.36. The first kappa shape index (κ1) is 17.4.